The van der Waals surface area contributed by atoms with Gasteiger partial charge in [-0.2, -0.15) is 0 Å². The van der Waals surface area contributed by atoms with Crippen molar-refractivity contribution in [2.75, 3.05) is 59.6 Å². The Morgan fingerprint density at radius 3 is 2.52 bits per heavy atom. The van der Waals surface area contributed by atoms with Crippen LogP contribution in [-0.2, 0) is 11.3 Å². The van der Waals surface area contributed by atoms with Crippen LogP contribution >= 0.6 is 24.0 Å². The number of nitrogens with one attached hydrogen (secondary N) is 1. The zero-order valence-electron chi connectivity index (χ0n) is 18.5. The number of guanidine groups is 1. The summed E-state index contributed by atoms with van der Waals surface area (Å²) < 4.78 is 11.4. The lowest BCUT2D eigenvalue weighted by Gasteiger charge is -2.24. The number of halogens is 1. The number of hydrogen-bond acceptors (Lipinski definition) is 4. The molecule has 1 aliphatic rings. The molecule has 1 heterocycles. The van der Waals surface area contributed by atoms with Gasteiger partial charge in [0.05, 0.1) is 13.2 Å². The summed E-state index contributed by atoms with van der Waals surface area (Å²) in [5, 5.41) is 3.39. The number of nitrogens with zero attached hydrogens (tertiary/aromatic N) is 3. The van der Waals surface area contributed by atoms with Gasteiger partial charge in [0.1, 0.15) is 12.4 Å². The molecule has 1 N–H and O–H groups in total. The summed E-state index contributed by atoms with van der Waals surface area (Å²) in [6.07, 6.45) is 1.14. The van der Waals surface area contributed by atoms with E-state index in [1.54, 1.807) is 0 Å². The van der Waals surface area contributed by atoms with Crippen molar-refractivity contribution in [2.24, 2.45) is 10.9 Å². The first-order chi connectivity index (χ1) is 13.7. The zero-order valence-corrected chi connectivity index (χ0v) is 20.9. The van der Waals surface area contributed by atoms with Gasteiger partial charge >= 0.3 is 0 Å². The van der Waals surface area contributed by atoms with E-state index in [1.165, 1.54) is 5.56 Å². The maximum atomic E-state index is 5.86. The van der Waals surface area contributed by atoms with Crippen LogP contribution in [-0.4, -0.2) is 75.4 Å². The van der Waals surface area contributed by atoms with Crippen LogP contribution in [0.5, 0.6) is 5.75 Å². The highest BCUT2D eigenvalue weighted by Gasteiger charge is 2.19. The van der Waals surface area contributed by atoms with E-state index in [-0.39, 0.29) is 24.0 Å². The van der Waals surface area contributed by atoms with Crippen LogP contribution in [0.2, 0.25) is 0 Å². The molecule has 166 valence electrons. The summed E-state index contributed by atoms with van der Waals surface area (Å²) in [6.45, 7) is 14.5. The van der Waals surface area contributed by atoms with Gasteiger partial charge in [0.15, 0.2) is 5.96 Å². The normalized spacial score (nSPS) is 16.6. The molecule has 0 aliphatic carbocycles. The summed E-state index contributed by atoms with van der Waals surface area (Å²) in [5.74, 6) is 2.47. The van der Waals surface area contributed by atoms with Gasteiger partial charge in [-0.1, -0.05) is 26.0 Å². The average Bonchev–Trinajstić information content (AvgIpc) is 3.22. The quantitative estimate of drug-likeness (QED) is 0.276. The number of likely N-dealkylation sites (N-methyl/N-ethyl adjacent to an activating group) is 1. The van der Waals surface area contributed by atoms with E-state index in [2.05, 4.69) is 55.1 Å². The third kappa shape index (κ3) is 9.53. The molecule has 29 heavy (non-hydrogen) atoms. The van der Waals surface area contributed by atoms with Crippen molar-refractivity contribution < 1.29 is 9.47 Å². The zero-order chi connectivity index (χ0) is 20.2. The predicted molar refractivity (Wildman–Crippen MR) is 132 cm³/mol. The van der Waals surface area contributed by atoms with E-state index in [9.17, 15) is 0 Å². The standard InChI is InChI=1S/C22H38N4O2.HI/c1-5-23-22(25(4)17-20-12-14-27-18-20)24-16-19-8-10-21(11-9-19)28-15-13-26(6-2)7-3;/h8-11,20H,5-7,12-18H2,1-4H3,(H,23,24);1H. The van der Waals surface area contributed by atoms with Crippen LogP contribution in [0.1, 0.15) is 32.8 Å². The average molecular weight is 518 g/mol. The molecule has 1 unspecified atom stereocenters. The largest absolute Gasteiger partial charge is 0.492 e. The van der Waals surface area contributed by atoms with Crippen molar-refractivity contribution >= 4 is 29.9 Å². The molecule has 0 amide bonds. The lowest BCUT2D eigenvalue weighted by Crippen LogP contribution is -2.41. The van der Waals surface area contributed by atoms with E-state index in [1.807, 2.05) is 12.1 Å². The highest BCUT2D eigenvalue weighted by atomic mass is 127. The first kappa shape index (κ1) is 26.0. The Morgan fingerprint density at radius 1 is 1.21 bits per heavy atom. The molecule has 0 spiro atoms. The monoisotopic (exact) mass is 518 g/mol. The van der Waals surface area contributed by atoms with Crippen molar-refractivity contribution in [3.05, 3.63) is 29.8 Å². The third-order valence-electron chi connectivity index (χ3n) is 5.16. The van der Waals surface area contributed by atoms with Crippen LogP contribution in [0.15, 0.2) is 29.3 Å². The minimum Gasteiger partial charge on any atom is -0.492 e. The highest BCUT2D eigenvalue weighted by Crippen LogP contribution is 2.15. The molecule has 1 atom stereocenters. The van der Waals surface area contributed by atoms with Crippen LogP contribution in [0.4, 0.5) is 0 Å². The Kier molecular flexibility index (Phi) is 13.3. The fourth-order valence-electron chi connectivity index (χ4n) is 3.36. The minimum atomic E-state index is 0. The number of benzene rings is 1. The summed E-state index contributed by atoms with van der Waals surface area (Å²) in [4.78, 5) is 9.38. The molecule has 1 saturated heterocycles. The van der Waals surface area contributed by atoms with Gasteiger partial charge in [-0.15, -0.1) is 24.0 Å². The maximum absolute atomic E-state index is 5.86. The molecule has 6 nitrogen and oxygen atoms in total. The molecule has 1 aliphatic heterocycles. The lowest BCUT2D eigenvalue weighted by molar-refractivity contribution is 0.181. The second kappa shape index (κ2) is 14.8. The van der Waals surface area contributed by atoms with Gasteiger partial charge < -0.3 is 24.6 Å². The fourth-order valence-corrected chi connectivity index (χ4v) is 3.36. The molecular formula is C22H39IN4O2. The maximum Gasteiger partial charge on any atom is 0.193 e. The van der Waals surface area contributed by atoms with Crippen LogP contribution in [0.3, 0.4) is 0 Å². The summed E-state index contributed by atoms with van der Waals surface area (Å²) >= 11 is 0. The molecular weight excluding hydrogens is 479 g/mol. The second-order valence-corrected chi connectivity index (χ2v) is 7.30. The smallest absolute Gasteiger partial charge is 0.193 e. The number of hydrogen-bond donors (Lipinski definition) is 1. The van der Waals surface area contributed by atoms with Crippen molar-refractivity contribution in [3.63, 3.8) is 0 Å². The summed E-state index contributed by atoms with van der Waals surface area (Å²) in [6, 6.07) is 8.29. The fraction of sp³-hybridized carbons (Fsp3) is 0.682. The molecule has 0 saturated carbocycles. The van der Waals surface area contributed by atoms with E-state index in [0.717, 1.165) is 70.7 Å². The van der Waals surface area contributed by atoms with Crippen molar-refractivity contribution in [3.8, 4) is 5.75 Å². The summed E-state index contributed by atoms with van der Waals surface area (Å²) in [5.41, 5.74) is 1.18. The molecule has 7 heteroatoms. The first-order valence-corrected chi connectivity index (χ1v) is 10.7. The molecule has 1 aromatic carbocycles. The molecule has 0 radical (unpaired) electrons. The number of aliphatic imine (C=N–C) groups is 1. The topological polar surface area (TPSA) is 49.3 Å². The van der Waals surface area contributed by atoms with Gasteiger partial charge in [0.25, 0.3) is 0 Å². The SMILES string of the molecule is CCNC(=NCc1ccc(OCCN(CC)CC)cc1)N(C)CC1CCOC1.I. The number of ether oxygens (including phenoxy) is 2. The minimum absolute atomic E-state index is 0. The van der Waals surface area contributed by atoms with E-state index < -0.39 is 0 Å². The van der Waals surface area contributed by atoms with E-state index in [0.29, 0.717) is 12.5 Å². The first-order valence-electron chi connectivity index (χ1n) is 10.7. The lowest BCUT2D eigenvalue weighted by atomic mass is 10.1. The Labute approximate surface area is 194 Å². The van der Waals surface area contributed by atoms with Crippen molar-refractivity contribution in [1.82, 2.24) is 15.1 Å². The molecule has 1 fully saturated rings. The van der Waals surface area contributed by atoms with Gasteiger partial charge in [0, 0.05) is 39.2 Å². The van der Waals surface area contributed by atoms with Gasteiger partial charge in [0.2, 0.25) is 0 Å². The van der Waals surface area contributed by atoms with Crippen molar-refractivity contribution in [2.45, 2.75) is 33.7 Å². The Bertz CT molecular complexity index is 573. The Morgan fingerprint density at radius 2 is 1.93 bits per heavy atom. The second-order valence-electron chi connectivity index (χ2n) is 7.30. The number of rotatable bonds is 11. The Balaban J connectivity index is 0.00000420. The van der Waals surface area contributed by atoms with Crippen LogP contribution in [0, 0.1) is 5.92 Å². The molecule has 0 bridgehead atoms. The summed E-state index contributed by atoms with van der Waals surface area (Å²) in [7, 11) is 2.10. The van der Waals surface area contributed by atoms with E-state index in [4.69, 9.17) is 14.5 Å². The predicted octanol–water partition coefficient (Wildman–Crippen LogP) is 3.46. The van der Waals surface area contributed by atoms with Crippen LogP contribution in [0.25, 0.3) is 0 Å². The van der Waals surface area contributed by atoms with Gasteiger partial charge in [-0.3, -0.25) is 0 Å². The van der Waals surface area contributed by atoms with Gasteiger partial charge in [-0.25, -0.2) is 4.99 Å². The van der Waals surface area contributed by atoms with Gasteiger partial charge in [-0.05, 0) is 44.1 Å². The van der Waals surface area contributed by atoms with E-state index >= 15 is 0 Å². The molecule has 1 aromatic rings. The third-order valence-corrected chi connectivity index (χ3v) is 5.16. The molecule has 2 rings (SSSR count). The molecule has 0 aromatic heterocycles. The van der Waals surface area contributed by atoms with Crippen LogP contribution < -0.4 is 10.1 Å². The Hall–Kier alpha value is -1.06. The highest BCUT2D eigenvalue weighted by molar-refractivity contribution is 14.0. The van der Waals surface area contributed by atoms with Crippen molar-refractivity contribution in [1.29, 1.82) is 0 Å².